The first-order valence-corrected chi connectivity index (χ1v) is 8.92. The van der Waals surface area contributed by atoms with Gasteiger partial charge in [0.05, 0.1) is 11.3 Å². The predicted molar refractivity (Wildman–Crippen MR) is 115 cm³/mol. The first-order chi connectivity index (χ1) is 15.0. The van der Waals surface area contributed by atoms with Crippen LogP contribution in [0.2, 0.25) is 0 Å². The third-order valence-corrected chi connectivity index (χ3v) is 4.08. The van der Waals surface area contributed by atoms with Crippen molar-refractivity contribution in [2.75, 3.05) is 17.2 Å². The van der Waals surface area contributed by atoms with Gasteiger partial charge in [-0.05, 0) is 71.0 Å². The van der Waals surface area contributed by atoms with E-state index in [2.05, 4.69) is 21.0 Å². The minimum absolute atomic E-state index is 0.0427. The van der Waals surface area contributed by atoms with E-state index in [1.54, 1.807) is 30.3 Å². The SMILES string of the molecule is O=Nc1ccc(Nc2ccc(OCC(=O)Nc3cccc(C(=O)O)c3)cc2)c(N=O)c1. The number of nitrogens with zero attached hydrogens (tertiary/aromatic N) is 2. The summed E-state index contributed by atoms with van der Waals surface area (Å²) in [7, 11) is 0. The maximum absolute atomic E-state index is 12.0. The topological polar surface area (TPSA) is 147 Å². The molecule has 0 aliphatic carbocycles. The lowest BCUT2D eigenvalue weighted by atomic mass is 10.2. The molecule has 0 radical (unpaired) electrons. The number of ether oxygens (including phenoxy) is 1. The molecule has 156 valence electrons. The highest BCUT2D eigenvalue weighted by Crippen LogP contribution is 2.32. The molecule has 0 unspecified atom stereocenters. The van der Waals surface area contributed by atoms with Crippen molar-refractivity contribution in [3.05, 3.63) is 82.1 Å². The van der Waals surface area contributed by atoms with Crippen LogP contribution >= 0.6 is 0 Å². The van der Waals surface area contributed by atoms with Crippen LogP contribution in [0.5, 0.6) is 5.75 Å². The zero-order valence-electron chi connectivity index (χ0n) is 15.9. The van der Waals surface area contributed by atoms with Gasteiger partial charge in [-0.3, -0.25) is 4.79 Å². The van der Waals surface area contributed by atoms with Crippen molar-refractivity contribution < 1.29 is 19.4 Å². The van der Waals surface area contributed by atoms with Gasteiger partial charge in [0.25, 0.3) is 5.91 Å². The number of aromatic carboxylic acids is 1. The second-order valence-corrected chi connectivity index (χ2v) is 6.26. The molecular weight excluding hydrogens is 404 g/mol. The third kappa shape index (κ3) is 5.70. The van der Waals surface area contributed by atoms with Gasteiger partial charge in [-0.15, -0.1) is 9.81 Å². The first-order valence-electron chi connectivity index (χ1n) is 8.92. The van der Waals surface area contributed by atoms with Crippen LogP contribution in [0.1, 0.15) is 10.4 Å². The van der Waals surface area contributed by atoms with Gasteiger partial charge < -0.3 is 20.5 Å². The van der Waals surface area contributed by atoms with Crippen LogP contribution in [0.15, 0.2) is 77.1 Å². The van der Waals surface area contributed by atoms with Crippen molar-refractivity contribution in [3.8, 4) is 5.75 Å². The van der Waals surface area contributed by atoms with Gasteiger partial charge in [-0.1, -0.05) is 6.07 Å². The molecule has 0 aliphatic heterocycles. The minimum atomic E-state index is -1.09. The van der Waals surface area contributed by atoms with E-state index in [9.17, 15) is 19.4 Å². The molecule has 31 heavy (non-hydrogen) atoms. The lowest BCUT2D eigenvalue weighted by Crippen LogP contribution is -2.20. The molecule has 3 aromatic carbocycles. The number of hydrogen-bond acceptors (Lipinski definition) is 8. The van der Waals surface area contributed by atoms with E-state index in [0.29, 0.717) is 22.8 Å². The monoisotopic (exact) mass is 420 g/mol. The van der Waals surface area contributed by atoms with Gasteiger partial charge in [0, 0.05) is 11.4 Å². The summed E-state index contributed by atoms with van der Waals surface area (Å²) in [6.45, 7) is -0.274. The highest BCUT2D eigenvalue weighted by atomic mass is 16.5. The summed E-state index contributed by atoms with van der Waals surface area (Å²) in [5.74, 6) is -1.11. The number of carbonyl (C=O) groups excluding carboxylic acids is 1. The number of hydrogen-bond donors (Lipinski definition) is 3. The largest absolute Gasteiger partial charge is 0.484 e. The second kappa shape index (κ2) is 9.74. The average Bonchev–Trinajstić information content (AvgIpc) is 2.79. The molecule has 0 aliphatic rings. The van der Waals surface area contributed by atoms with E-state index in [1.165, 1.54) is 36.4 Å². The van der Waals surface area contributed by atoms with Crippen LogP contribution in [0, 0.1) is 9.81 Å². The molecule has 0 heterocycles. The van der Waals surface area contributed by atoms with Crippen molar-refractivity contribution in [1.29, 1.82) is 0 Å². The molecule has 1 amide bonds. The first kappa shape index (κ1) is 21.1. The molecule has 0 saturated carbocycles. The Morgan fingerprint density at radius 3 is 2.35 bits per heavy atom. The second-order valence-electron chi connectivity index (χ2n) is 6.26. The van der Waals surface area contributed by atoms with Crippen LogP contribution in [-0.4, -0.2) is 23.6 Å². The number of amides is 1. The summed E-state index contributed by atoms with van der Waals surface area (Å²) in [5.41, 5.74) is 1.58. The number of anilines is 3. The maximum Gasteiger partial charge on any atom is 0.335 e. The number of carbonyl (C=O) groups is 2. The molecule has 0 saturated heterocycles. The number of rotatable bonds is 9. The van der Waals surface area contributed by atoms with Crippen LogP contribution < -0.4 is 15.4 Å². The number of carboxylic acids is 1. The van der Waals surface area contributed by atoms with E-state index in [4.69, 9.17) is 9.84 Å². The van der Waals surface area contributed by atoms with E-state index < -0.39 is 11.9 Å². The number of benzene rings is 3. The summed E-state index contributed by atoms with van der Waals surface area (Å²) in [6.07, 6.45) is 0. The average molecular weight is 420 g/mol. The lowest BCUT2D eigenvalue weighted by molar-refractivity contribution is -0.118. The van der Waals surface area contributed by atoms with E-state index >= 15 is 0 Å². The van der Waals surface area contributed by atoms with Crippen molar-refractivity contribution in [2.45, 2.75) is 0 Å². The fourth-order valence-corrected chi connectivity index (χ4v) is 2.62. The zero-order chi connectivity index (χ0) is 22.2. The Hall–Kier alpha value is -4.60. The molecule has 3 N–H and O–H groups in total. The highest BCUT2D eigenvalue weighted by Gasteiger charge is 2.08. The molecule has 3 rings (SSSR count). The maximum atomic E-state index is 12.0. The zero-order valence-corrected chi connectivity index (χ0v) is 15.9. The van der Waals surface area contributed by atoms with Gasteiger partial charge in [-0.2, -0.15) is 0 Å². The third-order valence-electron chi connectivity index (χ3n) is 4.08. The van der Waals surface area contributed by atoms with Crippen LogP contribution in [0.4, 0.5) is 28.4 Å². The quantitative estimate of drug-likeness (QED) is 0.415. The van der Waals surface area contributed by atoms with Crippen molar-refractivity contribution in [1.82, 2.24) is 0 Å². The van der Waals surface area contributed by atoms with Gasteiger partial charge in [0.15, 0.2) is 6.61 Å². The van der Waals surface area contributed by atoms with E-state index in [-0.39, 0.29) is 23.5 Å². The number of nitrogens with one attached hydrogen (secondary N) is 2. The fourth-order valence-electron chi connectivity index (χ4n) is 2.62. The summed E-state index contributed by atoms with van der Waals surface area (Å²) in [4.78, 5) is 44.5. The van der Waals surface area contributed by atoms with Crippen LogP contribution in [0.3, 0.4) is 0 Å². The molecule has 3 aromatic rings. The van der Waals surface area contributed by atoms with Gasteiger partial charge in [-0.25, -0.2) is 4.79 Å². The Labute approximate surface area is 175 Å². The molecule has 0 atom stereocenters. The number of nitroso groups, excluding NO2 is 2. The molecule has 0 fully saturated rings. The van der Waals surface area contributed by atoms with E-state index in [1.807, 2.05) is 0 Å². The number of carboxylic acid groups (broad SMARTS) is 1. The van der Waals surface area contributed by atoms with Crippen LogP contribution in [0.25, 0.3) is 0 Å². The van der Waals surface area contributed by atoms with Gasteiger partial charge in [0.2, 0.25) is 0 Å². The smallest absolute Gasteiger partial charge is 0.335 e. The molecular formula is C21H16N4O6. The Morgan fingerprint density at radius 1 is 0.903 bits per heavy atom. The van der Waals surface area contributed by atoms with Crippen molar-refractivity contribution in [2.24, 2.45) is 10.4 Å². The highest BCUT2D eigenvalue weighted by molar-refractivity contribution is 5.94. The summed E-state index contributed by atoms with van der Waals surface area (Å²) < 4.78 is 5.43. The Balaban J connectivity index is 1.57. The van der Waals surface area contributed by atoms with Gasteiger partial charge >= 0.3 is 5.97 Å². The summed E-state index contributed by atoms with van der Waals surface area (Å²) in [5, 5.41) is 20.2. The fraction of sp³-hybridized carbons (Fsp3) is 0.0476. The molecule has 10 nitrogen and oxygen atoms in total. The van der Waals surface area contributed by atoms with Crippen molar-refractivity contribution in [3.63, 3.8) is 0 Å². The Morgan fingerprint density at radius 2 is 1.68 bits per heavy atom. The molecule has 0 aromatic heterocycles. The minimum Gasteiger partial charge on any atom is -0.484 e. The molecule has 0 spiro atoms. The summed E-state index contributed by atoms with van der Waals surface area (Å²) >= 11 is 0. The molecule has 10 heteroatoms. The van der Waals surface area contributed by atoms with Crippen LogP contribution in [-0.2, 0) is 4.79 Å². The standard InChI is InChI=1S/C21H16N4O6/c26-20(23-15-3-1-2-13(10-15)21(27)28)12-31-17-7-4-14(5-8-17)22-18-9-6-16(24-29)11-19(18)25-30/h1-11,22H,12H2,(H,23,26)(H,27,28). The lowest BCUT2D eigenvalue weighted by Gasteiger charge is -2.10. The predicted octanol–water partition coefficient (Wildman–Crippen LogP) is 4.94. The van der Waals surface area contributed by atoms with E-state index in [0.717, 1.165) is 0 Å². The summed E-state index contributed by atoms with van der Waals surface area (Å²) in [6, 6.07) is 16.7. The Bertz CT molecular complexity index is 1130. The van der Waals surface area contributed by atoms with Gasteiger partial charge in [0.1, 0.15) is 17.1 Å². The van der Waals surface area contributed by atoms with Crippen molar-refractivity contribution >= 4 is 40.3 Å². The molecule has 0 bridgehead atoms. The normalized spacial score (nSPS) is 10.1. The Kier molecular flexibility index (Phi) is 6.64.